The molecule has 0 fully saturated rings. The molecule has 0 saturated heterocycles. The first-order chi connectivity index (χ1) is 20.4. The van der Waals surface area contributed by atoms with Crippen LogP contribution in [0, 0.1) is 0 Å². The summed E-state index contributed by atoms with van der Waals surface area (Å²) in [4.78, 5) is -3.99. The largest absolute Gasteiger partial charge is 0.929 e. The van der Waals surface area contributed by atoms with Gasteiger partial charge in [-0.05, 0) is 47.8 Å². The van der Waals surface area contributed by atoms with Crippen molar-refractivity contribution >= 4 is 55.1 Å². The summed E-state index contributed by atoms with van der Waals surface area (Å²) in [7, 11) is -3.96. The molecule has 0 atom stereocenters. The highest BCUT2D eigenvalue weighted by molar-refractivity contribution is 9.11. The van der Waals surface area contributed by atoms with Gasteiger partial charge in [0.15, 0.2) is 34.2 Å². The number of aromatic nitrogens is 6. The highest BCUT2D eigenvalue weighted by Crippen LogP contribution is 2.44. The molecule has 31 heteroatoms. The lowest BCUT2D eigenvalue weighted by Crippen LogP contribution is -2.51. The Morgan fingerprint density at radius 3 is 0.739 bits per heavy atom. The van der Waals surface area contributed by atoms with Gasteiger partial charge in [-0.3, -0.25) is 0 Å². The summed E-state index contributed by atoms with van der Waals surface area (Å²) in [6, 6.07) is 0. The fourth-order valence-electron chi connectivity index (χ4n) is 2.92. The molecule has 3 aromatic heterocycles. The third-order valence-corrected chi connectivity index (χ3v) is 6.82. The van der Waals surface area contributed by atoms with Crippen LogP contribution in [0.1, 0.15) is 34.2 Å². The van der Waals surface area contributed by atoms with Crippen molar-refractivity contribution in [1.29, 1.82) is 0 Å². The molecule has 3 rings (SSSR count). The molecule has 0 aliphatic heterocycles. The lowest BCUT2D eigenvalue weighted by atomic mass is 10.2. The summed E-state index contributed by atoms with van der Waals surface area (Å²) < 4.78 is 248. The standard InChI is InChI=1S/C15BBr3F18N6O3/c17-1-4(10(20,21)22)38-41(7(1)13(29,30)31)44-16(45-42-8(14(32,33)34)2(18)5(39-42)11(23,24)25)46-43-9(15(35,36)37)3(19)6(40-43)12(26,27)28. The van der Waals surface area contributed by atoms with Gasteiger partial charge in [-0.15, -0.1) is 29.8 Å². The van der Waals surface area contributed by atoms with E-state index in [0.717, 1.165) is 0 Å². The van der Waals surface area contributed by atoms with E-state index in [2.05, 4.69) is 29.6 Å². The lowest BCUT2D eigenvalue weighted by Gasteiger charge is -2.19. The van der Waals surface area contributed by atoms with E-state index in [0.29, 0.717) is 0 Å². The van der Waals surface area contributed by atoms with Crippen LogP contribution in [-0.2, 0) is 37.1 Å². The topological polar surface area (TPSA) is 81.1 Å². The van der Waals surface area contributed by atoms with Crippen LogP contribution in [0.4, 0.5) is 79.0 Å². The second kappa shape index (κ2) is 11.8. The number of halogens is 21. The van der Waals surface area contributed by atoms with E-state index < -0.39 is 106 Å². The molecule has 0 unspecified atom stereocenters. The molecule has 0 bridgehead atoms. The molecule has 0 amide bonds. The summed E-state index contributed by atoms with van der Waals surface area (Å²) in [5.41, 5.74) is -15.6. The normalized spacial score (nSPS) is 13.8. The Labute approximate surface area is 262 Å². The third-order valence-electron chi connectivity index (χ3n) is 4.56. The van der Waals surface area contributed by atoms with E-state index in [1.54, 1.807) is 0 Å². The minimum absolute atomic E-state index is 1.33. The van der Waals surface area contributed by atoms with Crippen molar-refractivity contribution in [3.8, 4) is 0 Å². The fraction of sp³-hybridized carbons (Fsp3) is 0.400. The fourth-order valence-corrected chi connectivity index (χ4v) is 4.96. The molecule has 0 N–H and O–H groups in total. The van der Waals surface area contributed by atoms with Crippen molar-refractivity contribution in [1.82, 2.24) is 29.8 Å². The number of hydrogen-bond donors (Lipinski definition) is 0. The predicted octanol–water partition coefficient (Wildman–Crippen LogP) is 7.35. The van der Waals surface area contributed by atoms with E-state index >= 15 is 0 Å². The van der Waals surface area contributed by atoms with Gasteiger partial charge in [-0.2, -0.15) is 79.0 Å². The Morgan fingerprint density at radius 1 is 0.391 bits per heavy atom. The van der Waals surface area contributed by atoms with Gasteiger partial charge in [0.25, 0.3) is 0 Å². The molecule has 0 radical (unpaired) electrons. The van der Waals surface area contributed by atoms with Crippen LogP contribution >= 0.6 is 47.8 Å². The van der Waals surface area contributed by atoms with E-state index in [1.165, 1.54) is 0 Å². The molecule has 3 aromatic rings. The minimum Gasteiger partial charge on any atom is -0.379 e. The van der Waals surface area contributed by atoms with Crippen LogP contribution in [-0.4, -0.2) is 37.2 Å². The summed E-state index contributed by atoms with van der Waals surface area (Å²) >= 11 is 5.59. The van der Waals surface area contributed by atoms with Crippen molar-refractivity contribution in [2.24, 2.45) is 0 Å². The first kappa shape index (κ1) is 37.7. The van der Waals surface area contributed by atoms with Crippen LogP contribution < -0.4 is 14.3 Å². The number of hydrogen-bond acceptors (Lipinski definition) is 6. The van der Waals surface area contributed by atoms with Crippen LogP contribution in [0.5, 0.6) is 0 Å². The van der Waals surface area contributed by atoms with Crippen molar-refractivity contribution in [2.45, 2.75) is 37.1 Å². The number of nitrogens with zero attached hydrogens (tertiary/aromatic N) is 6. The zero-order valence-corrected chi connectivity index (χ0v) is 24.7. The number of alkyl halides is 18. The molecule has 9 nitrogen and oxygen atoms in total. The molecule has 0 spiro atoms. The predicted molar refractivity (Wildman–Crippen MR) is 115 cm³/mol. The average Bonchev–Trinajstić information content (AvgIpc) is 3.42. The molecule has 0 aliphatic rings. The van der Waals surface area contributed by atoms with Crippen LogP contribution in [0.2, 0.25) is 0 Å². The van der Waals surface area contributed by atoms with Crippen LogP contribution in [0.3, 0.4) is 0 Å². The maximum atomic E-state index is 13.6. The highest BCUT2D eigenvalue weighted by Gasteiger charge is 2.53. The second-order valence-electron chi connectivity index (χ2n) is 7.74. The highest BCUT2D eigenvalue weighted by atomic mass is 79.9. The summed E-state index contributed by atoms with van der Waals surface area (Å²) in [5.74, 6) is 0. The van der Waals surface area contributed by atoms with Gasteiger partial charge < -0.3 is 14.3 Å². The van der Waals surface area contributed by atoms with Crippen molar-refractivity contribution in [3.63, 3.8) is 0 Å². The molecule has 258 valence electrons. The van der Waals surface area contributed by atoms with Gasteiger partial charge in [-0.25, -0.2) is 0 Å². The molecular formula is C15BBr3F18N6O3. The average molecular weight is 905 g/mol. The first-order valence-electron chi connectivity index (χ1n) is 10.2. The maximum absolute atomic E-state index is 13.6. The van der Waals surface area contributed by atoms with Gasteiger partial charge in [0, 0.05) is 0 Å². The van der Waals surface area contributed by atoms with Crippen molar-refractivity contribution in [3.05, 3.63) is 47.6 Å². The maximum Gasteiger partial charge on any atom is 0.929 e. The molecule has 3 heterocycles. The van der Waals surface area contributed by atoms with Crippen LogP contribution in [0.25, 0.3) is 0 Å². The van der Waals surface area contributed by atoms with E-state index in [4.69, 9.17) is 0 Å². The van der Waals surface area contributed by atoms with Gasteiger partial charge >= 0.3 is 44.4 Å². The lowest BCUT2D eigenvalue weighted by molar-refractivity contribution is -0.157. The molecule has 0 aromatic carbocycles. The summed E-state index contributed by atoms with van der Waals surface area (Å²) in [5, 5.41) is 6.89. The Bertz CT molecular complexity index is 1410. The zero-order valence-electron chi connectivity index (χ0n) is 19.9. The quantitative estimate of drug-likeness (QED) is 0.190. The zero-order chi connectivity index (χ0) is 35.7. The monoisotopic (exact) mass is 902 g/mol. The summed E-state index contributed by atoms with van der Waals surface area (Å²) in [6.07, 6.45) is -35.4. The van der Waals surface area contributed by atoms with Gasteiger partial charge in [0.2, 0.25) is 0 Å². The van der Waals surface area contributed by atoms with Crippen molar-refractivity contribution < 1.29 is 93.3 Å². The Kier molecular flexibility index (Phi) is 9.64. The van der Waals surface area contributed by atoms with Gasteiger partial charge in [0.1, 0.15) is 0 Å². The minimum atomic E-state index is -6.00. The van der Waals surface area contributed by atoms with Gasteiger partial charge in [0.05, 0.1) is 13.4 Å². The molecular weight excluding hydrogens is 905 g/mol. The molecule has 0 aliphatic carbocycles. The van der Waals surface area contributed by atoms with E-state index in [1.807, 2.05) is 47.8 Å². The molecule has 46 heavy (non-hydrogen) atoms. The Hall–Kier alpha value is -2.73. The Balaban J connectivity index is 2.33. The summed E-state index contributed by atoms with van der Waals surface area (Å²) in [6.45, 7) is 0. The van der Waals surface area contributed by atoms with E-state index in [9.17, 15) is 79.0 Å². The molecule has 0 saturated carbocycles. The first-order valence-corrected chi connectivity index (χ1v) is 12.5. The van der Waals surface area contributed by atoms with Gasteiger partial charge in [-0.1, -0.05) is 0 Å². The smallest absolute Gasteiger partial charge is 0.379 e. The van der Waals surface area contributed by atoms with Crippen molar-refractivity contribution in [2.75, 3.05) is 0 Å². The van der Waals surface area contributed by atoms with Crippen LogP contribution in [0.15, 0.2) is 13.4 Å². The third kappa shape index (κ3) is 7.70. The SMILES string of the molecule is FC(F)(F)c1nn(OB(On2nc(C(F)(F)F)c(Br)c2C(F)(F)F)On2nc(C(F)(F)F)c(Br)c2C(F)(F)F)c(C(F)(F)F)c1Br. The van der Waals surface area contributed by atoms with E-state index in [-0.39, 0.29) is 0 Å². The number of rotatable bonds is 6. The second-order valence-corrected chi connectivity index (χ2v) is 10.1. The Morgan fingerprint density at radius 2 is 0.587 bits per heavy atom.